The predicted octanol–water partition coefficient (Wildman–Crippen LogP) is 0.926. The van der Waals surface area contributed by atoms with Crippen molar-refractivity contribution in [2.45, 2.75) is 25.4 Å². The number of imide groups is 1. The van der Waals surface area contributed by atoms with Gasteiger partial charge in [0.05, 0.1) is 46.5 Å². The van der Waals surface area contributed by atoms with Gasteiger partial charge in [0.1, 0.15) is 5.76 Å². The Morgan fingerprint density at radius 2 is 1.94 bits per heavy atom. The highest BCUT2D eigenvalue weighted by Crippen LogP contribution is 2.26. The van der Waals surface area contributed by atoms with E-state index in [-0.39, 0.29) is 41.2 Å². The van der Waals surface area contributed by atoms with E-state index in [0.29, 0.717) is 5.76 Å². The maximum atomic E-state index is 12.7. The summed E-state index contributed by atoms with van der Waals surface area (Å²) in [5, 5.41) is 2.59. The monoisotopic (exact) mass is 460 g/mol. The minimum absolute atomic E-state index is 0.00667. The van der Waals surface area contributed by atoms with Crippen LogP contribution in [0.2, 0.25) is 0 Å². The lowest BCUT2D eigenvalue weighted by atomic mass is 10.0. The number of furan rings is 1. The number of nitrogens with zero attached hydrogens (tertiary/aromatic N) is 1. The molecule has 1 aromatic heterocycles. The van der Waals surface area contributed by atoms with Crippen molar-refractivity contribution in [1.82, 2.24) is 10.2 Å². The molecule has 0 spiro atoms. The van der Waals surface area contributed by atoms with Crippen LogP contribution in [0, 0.1) is 0 Å². The number of rotatable bonds is 6. The minimum atomic E-state index is -3.20. The normalized spacial score (nSPS) is 21.5. The summed E-state index contributed by atoms with van der Waals surface area (Å²) in [6, 6.07) is 7.23. The van der Waals surface area contributed by atoms with Crippen LogP contribution in [0.4, 0.5) is 0 Å². The Kier molecular flexibility index (Phi) is 5.37. The summed E-state index contributed by atoms with van der Waals surface area (Å²) in [4.78, 5) is 50.7. The number of amides is 3. The first kappa shape index (κ1) is 21.8. The predicted molar refractivity (Wildman–Crippen MR) is 109 cm³/mol. The molecule has 2 aliphatic heterocycles. The smallest absolute Gasteiger partial charge is 0.338 e. The molecular formula is C21H20N2O8S. The number of carbonyl (C=O) groups is 4. The van der Waals surface area contributed by atoms with Crippen LogP contribution < -0.4 is 5.32 Å². The van der Waals surface area contributed by atoms with E-state index >= 15 is 0 Å². The largest absolute Gasteiger partial charge is 0.467 e. The van der Waals surface area contributed by atoms with Crippen molar-refractivity contribution < 1.29 is 36.7 Å². The van der Waals surface area contributed by atoms with Gasteiger partial charge in [0.2, 0.25) is 0 Å². The fourth-order valence-corrected chi connectivity index (χ4v) is 5.91. The SMILES string of the molecule is CC1(NC(=O)COC(=O)c2ccc3c(c2)C(=O)N(Cc2ccco2)C3=O)CCS(=O)(=O)C1. The molecule has 1 unspecified atom stereocenters. The van der Waals surface area contributed by atoms with Crippen LogP contribution in [0.5, 0.6) is 0 Å². The molecule has 0 saturated carbocycles. The molecule has 2 aromatic rings. The zero-order valence-corrected chi connectivity index (χ0v) is 17.9. The standard InChI is InChI=1S/C21H20N2O8S/c1-21(6-8-32(28,29)12-21)22-17(24)11-31-20(27)13-4-5-15-16(9-13)19(26)23(18(15)25)10-14-3-2-7-30-14/h2-5,7,9H,6,8,10-12H2,1H3,(H,22,24). The van der Waals surface area contributed by atoms with Crippen LogP contribution in [-0.2, 0) is 25.9 Å². The maximum Gasteiger partial charge on any atom is 0.338 e. The third kappa shape index (κ3) is 4.28. The number of carbonyl (C=O) groups excluding carboxylic acids is 4. The Balaban J connectivity index is 1.39. The van der Waals surface area contributed by atoms with E-state index in [4.69, 9.17) is 9.15 Å². The Hall–Kier alpha value is -3.47. The Morgan fingerprint density at radius 3 is 2.59 bits per heavy atom. The quantitative estimate of drug-likeness (QED) is 0.496. The molecule has 168 valence electrons. The van der Waals surface area contributed by atoms with Crippen molar-refractivity contribution in [2.75, 3.05) is 18.1 Å². The topological polar surface area (TPSA) is 140 Å². The highest BCUT2D eigenvalue weighted by atomic mass is 32.2. The molecule has 0 aliphatic carbocycles. The van der Waals surface area contributed by atoms with Gasteiger partial charge in [-0.1, -0.05) is 0 Å². The Labute approximate surface area is 183 Å². The van der Waals surface area contributed by atoms with E-state index in [9.17, 15) is 27.6 Å². The number of ether oxygens (including phenoxy) is 1. The minimum Gasteiger partial charge on any atom is -0.467 e. The van der Waals surface area contributed by atoms with Crippen molar-refractivity contribution in [3.63, 3.8) is 0 Å². The third-order valence-electron chi connectivity index (χ3n) is 5.38. The molecule has 32 heavy (non-hydrogen) atoms. The lowest BCUT2D eigenvalue weighted by Gasteiger charge is -2.23. The Morgan fingerprint density at radius 1 is 1.19 bits per heavy atom. The van der Waals surface area contributed by atoms with Crippen molar-refractivity contribution >= 4 is 33.5 Å². The molecule has 0 bridgehead atoms. The van der Waals surface area contributed by atoms with Crippen molar-refractivity contribution in [3.05, 3.63) is 59.0 Å². The van der Waals surface area contributed by atoms with Crippen LogP contribution in [-0.4, -0.2) is 60.7 Å². The summed E-state index contributed by atoms with van der Waals surface area (Å²) in [5.74, 6) is -2.29. The number of nitrogens with one attached hydrogen (secondary N) is 1. The second-order valence-electron chi connectivity index (χ2n) is 8.06. The zero-order chi connectivity index (χ0) is 23.1. The van der Waals surface area contributed by atoms with Crippen molar-refractivity contribution in [3.8, 4) is 0 Å². The summed E-state index contributed by atoms with van der Waals surface area (Å²) in [6.07, 6.45) is 1.72. The molecule has 0 radical (unpaired) electrons. The third-order valence-corrected chi connectivity index (χ3v) is 7.28. The molecule has 2 aliphatic rings. The zero-order valence-electron chi connectivity index (χ0n) is 17.1. The van der Waals surface area contributed by atoms with Gasteiger partial charge in [-0.25, -0.2) is 13.2 Å². The first-order valence-electron chi connectivity index (χ1n) is 9.78. The molecule has 1 saturated heterocycles. The highest BCUT2D eigenvalue weighted by molar-refractivity contribution is 7.91. The van der Waals surface area contributed by atoms with E-state index in [0.717, 1.165) is 4.90 Å². The van der Waals surface area contributed by atoms with E-state index in [2.05, 4.69) is 5.32 Å². The van der Waals surface area contributed by atoms with E-state index < -0.39 is 45.7 Å². The van der Waals surface area contributed by atoms with Crippen LogP contribution in [0.15, 0.2) is 41.0 Å². The maximum absolute atomic E-state index is 12.7. The number of sulfone groups is 1. The molecule has 11 heteroatoms. The average Bonchev–Trinajstić information content (AvgIpc) is 3.40. The summed E-state index contributed by atoms with van der Waals surface area (Å²) in [6.45, 7) is 0.978. The van der Waals surface area contributed by atoms with Gasteiger partial charge < -0.3 is 14.5 Å². The van der Waals surface area contributed by atoms with Crippen molar-refractivity contribution in [1.29, 1.82) is 0 Å². The summed E-state index contributed by atoms with van der Waals surface area (Å²) in [7, 11) is -3.20. The van der Waals surface area contributed by atoms with Gasteiger partial charge in [0.15, 0.2) is 16.4 Å². The lowest BCUT2D eigenvalue weighted by Crippen LogP contribution is -2.48. The summed E-state index contributed by atoms with van der Waals surface area (Å²) in [5.41, 5.74) is -0.678. The number of esters is 1. The first-order chi connectivity index (χ1) is 15.1. The van der Waals surface area contributed by atoms with E-state index in [1.807, 2.05) is 0 Å². The first-order valence-corrected chi connectivity index (χ1v) is 11.6. The number of hydrogen-bond acceptors (Lipinski definition) is 8. The number of fused-ring (bicyclic) bond motifs is 1. The van der Waals surface area contributed by atoms with Crippen LogP contribution >= 0.6 is 0 Å². The molecule has 3 heterocycles. The van der Waals surface area contributed by atoms with Crippen LogP contribution in [0.3, 0.4) is 0 Å². The molecular weight excluding hydrogens is 440 g/mol. The van der Waals surface area contributed by atoms with Crippen molar-refractivity contribution in [2.24, 2.45) is 0 Å². The molecule has 1 fully saturated rings. The summed E-state index contributed by atoms with van der Waals surface area (Å²) < 4.78 is 33.5. The molecule has 1 atom stereocenters. The van der Waals surface area contributed by atoms with Gasteiger partial charge >= 0.3 is 5.97 Å². The van der Waals surface area contributed by atoms with Crippen LogP contribution in [0.25, 0.3) is 0 Å². The summed E-state index contributed by atoms with van der Waals surface area (Å²) >= 11 is 0. The second-order valence-corrected chi connectivity index (χ2v) is 10.2. The lowest BCUT2D eigenvalue weighted by molar-refractivity contribution is -0.125. The fourth-order valence-electron chi connectivity index (χ4n) is 3.82. The Bertz CT molecular complexity index is 1220. The molecule has 1 aromatic carbocycles. The van der Waals surface area contributed by atoms with Gasteiger partial charge in [0, 0.05) is 0 Å². The van der Waals surface area contributed by atoms with Crippen LogP contribution in [0.1, 0.15) is 50.2 Å². The molecule has 1 N–H and O–H groups in total. The molecule has 3 amide bonds. The number of hydrogen-bond donors (Lipinski definition) is 1. The average molecular weight is 460 g/mol. The van der Waals surface area contributed by atoms with Gasteiger partial charge in [-0.05, 0) is 43.7 Å². The van der Waals surface area contributed by atoms with Gasteiger partial charge in [-0.15, -0.1) is 0 Å². The fraction of sp³-hybridized carbons (Fsp3) is 0.333. The highest BCUT2D eigenvalue weighted by Gasteiger charge is 2.40. The molecule has 10 nitrogen and oxygen atoms in total. The van der Waals surface area contributed by atoms with Gasteiger partial charge in [-0.2, -0.15) is 0 Å². The van der Waals surface area contributed by atoms with E-state index in [1.54, 1.807) is 19.1 Å². The van der Waals surface area contributed by atoms with E-state index in [1.165, 1.54) is 24.5 Å². The second kappa shape index (κ2) is 7.90. The van der Waals surface area contributed by atoms with Gasteiger partial charge in [-0.3, -0.25) is 19.3 Å². The van der Waals surface area contributed by atoms with Gasteiger partial charge in [0.25, 0.3) is 17.7 Å². The molecule has 4 rings (SSSR count). The number of benzene rings is 1.